The van der Waals surface area contributed by atoms with E-state index in [0.29, 0.717) is 0 Å². The Labute approximate surface area is 78.7 Å². The van der Waals surface area contributed by atoms with Crippen molar-refractivity contribution in [2.45, 2.75) is 39.3 Å². The minimum Gasteiger partial charge on any atom is -0.346 e. The topological polar surface area (TPSA) is 35.5 Å². The van der Waals surface area contributed by atoms with Crippen molar-refractivity contribution in [1.29, 1.82) is 0 Å². The average Bonchev–Trinajstić information content (AvgIpc) is 2.07. The minimum absolute atomic E-state index is 0.107. The summed E-state index contributed by atoms with van der Waals surface area (Å²) >= 11 is 0. The Morgan fingerprint density at radius 3 is 2.69 bits per heavy atom. The van der Waals surface area contributed by atoms with Crippen molar-refractivity contribution in [3.8, 4) is 0 Å². The molecule has 0 amide bonds. The zero-order chi connectivity index (χ0) is 9.84. The number of carbonyl (C=O) groups excluding carboxylic acids is 1. The van der Waals surface area contributed by atoms with Gasteiger partial charge in [0, 0.05) is 5.92 Å². The van der Waals surface area contributed by atoms with Gasteiger partial charge in [-0.25, -0.2) is 0 Å². The van der Waals surface area contributed by atoms with Crippen molar-refractivity contribution in [3.63, 3.8) is 0 Å². The van der Waals surface area contributed by atoms with Gasteiger partial charge in [0.1, 0.15) is 12.4 Å². The van der Waals surface area contributed by atoms with Gasteiger partial charge in [0.2, 0.25) is 0 Å². The predicted octanol–water partition coefficient (Wildman–Crippen LogP) is 1.53. The monoisotopic (exact) mass is 184 g/mol. The van der Waals surface area contributed by atoms with E-state index in [-0.39, 0.29) is 24.4 Å². The van der Waals surface area contributed by atoms with Crippen LogP contribution in [0.1, 0.15) is 20.8 Å². The molecule has 0 saturated heterocycles. The molecule has 0 aliphatic carbocycles. The van der Waals surface area contributed by atoms with Crippen LogP contribution in [0.25, 0.3) is 0 Å². The van der Waals surface area contributed by atoms with E-state index in [2.05, 4.69) is 0 Å². The van der Waals surface area contributed by atoms with Crippen LogP contribution in [0.3, 0.4) is 0 Å². The molecule has 3 nitrogen and oxygen atoms in total. The highest BCUT2D eigenvalue weighted by Gasteiger charge is 2.24. The van der Waals surface area contributed by atoms with Crippen molar-refractivity contribution in [3.05, 3.63) is 12.2 Å². The van der Waals surface area contributed by atoms with E-state index in [0.717, 1.165) is 6.29 Å². The van der Waals surface area contributed by atoms with Gasteiger partial charge in [-0.3, -0.25) is 0 Å². The van der Waals surface area contributed by atoms with Crippen LogP contribution in [0.5, 0.6) is 0 Å². The van der Waals surface area contributed by atoms with Crippen molar-refractivity contribution < 1.29 is 14.3 Å². The molecule has 13 heavy (non-hydrogen) atoms. The molecule has 0 aromatic heterocycles. The molecular weight excluding hydrogens is 168 g/mol. The molecule has 1 unspecified atom stereocenters. The SMILES string of the molecule is CC(C)OC1C=C[C@H](C)[C@H](C=O)O1. The highest BCUT2D eigenvalue weighted by Crippen LogP contribution is 2.18. The van der Waals surface area contributed by atoms with Gasteiger partial charge in [-0.2, -0.15) is 0 Å². The largest absolute Gasteiger partial charge is 0.346 e. The lowest BCUT2D eigenvalue weighted by Crippen LogP contribution is -2.33. The van der Waals surface area contributed by atoms with Crippen LogP contribution < -0.4 is 0 Å². The Morgan fingerprint density at radius 1 is 1.46 bits per heavy atom. The number of hydrogen-bond acceptors (Lipinski definition) is 3. The summed E-state index contributed by atoms with van der Waals surface area (Å²) in [4.78, 5) is 10.6. The van der Waals surface area contributed by atoms with Crippen LogP contribution in [0.4, 0.5) is 0 Å². The highest BCUT2D eigenvalue weighted by molar-refractivity contribution is 5.57. The lowest BCUT2D eigenvalue weighted by molar-refractivity contribution is -0.175. The molecule has 0 bridgehead atoms. The summed E-state index contributed by atoms with van der Waals surface area (Å²) < 4.78 is 10.8. The van der Waals surface area contributed by atoms with Crippen molar-refractivity contribution in [1.82, 2.24) is 0 Å². The highest BCUT2D eigenvalue weighted by atomic mass is 16.7. The van der Waals surface area contributed by atoms with Gasteiger partial charge < -0.3 is 14.3 Å². The Hall–Kier alpha value is -0.670. The second kappa shape index (κ2) is 4.53. The number of carbonyl (C=O) groups is 1. The van der Waals surface area contributed by atoms with Gasteiger partial charge >= 0.3 is 0 Å². The molecule has 3 heteroatoms. The van der Waals surface area contributed by atoms with E-state index >= 15 is 0 Å². The predicted molar refractivity (Wildman–Crippen MR) is 49.3 cm³/mol. The molecule has 0 aromatic carbocycles. The van der Waals surface area contributed by atoms with Crippen molar-refractivity contribution in [2.24, 2.45) is 5.92 Å². The molecule has 0 saturated carbocycles. The summed E-state index contributed by atoms with van der Waals surface area (Å²) in [6, 6.07) is 0. The lowest BCUT2D eigenvalue weighted by atomic mass is 10.0. The van der Waals surface area contributed by atoms with E-state index in [4.69, 9.17) is 9.47 Å². The zero-order valence-electron chi connectivity index (χ0n) is 8.27. The Bertz CT molecular complexity index is 198. The van der Waals surface area contributed by atoms with Gasteiger partial charge in [0.05, 0.1) is 6.10 Å². The fraction of sp³-hybridized carbons (Fsp3) is 0.700. The molecule has 0 N–H and O–H groups in total. The third-order valence-electron chi connectivity index (χ3n) is 1.92. The second-order valence-electron chi connectivity index (χ2n) is 3.53. The third kappa shape index (κ3) is 2.94. The van der Waals surface area contributed by atoms with Gasteiger partial charge in [-0.15, -0.1) is 0 Å². The van der Waals surface area contributed by atoms with Crippen LogP contribution >= 0.6 is 0 Å². The summed E-state index contributed by atoms with van der Waals surface area (Å²) in [7, 11) is 0. The standard InChI is InChI=1S/C10H16O3/c1-7(2)12-10-5-4-8(3)9(6-11)13-10/h4-10H,1-3H3/t8-,9-,10?/m0/s1. The molecule has 0 spiro atoms. The maximum absolute atomic E-state index is 10.6. The normalized spacial score (nSPS) is 33.7. The summed E-state index contributed by atoms with van der Waals surface area (Å²) in [5.41, 5.74) is 0. The molecule has 0 fully saturated rings. The number of aldehydes is 1. The number of rotatable bonds is 3. The Kier molecular flexibility index (Phi) is 3.63. The first-order chi connectivity index (χ1) is 6.13. The summed E-state index contributed by atoms with van der Waals surface area (Å²) in [5.74, 6) is 0.143. The Morgan fingerprint density at radius 2 is 2.15 bits per heavy atom. The minimum atomic E-state index is -0.369. The van der Waals surface area contributed by atoms with E-state index in [1.54, 1.807) is 0 Å². The van der Waals surface area contributed by atoms with Crippen LogP contribution in [0, 0.1) is 5.92 Å². The first kappa shape index (κ1) is 10.4. The van der Waals surface area contributed by atoms with Crippen molar-refractivity contribution >= 4 is 6.29 Å². The van der Waals surface area contributed by atoms with Crippen LogP contribution in [-0.2, 0) is 14.3 Å². The quantitative estimate of drug-likeness (QED) is 0.493. The third-order valence-corrected chi connectivity index (χ3v) is 1.92. The first-order valence-corrected chi connectivity index (χ1v) is 4.58. The maximum atomic E-state index is 10.6. The molecule has 1 aliphatic heterocycles. The van der Waals surface area contributed by atoms with Crippen molar-refractivity contribution in [2.75, 3.05) is 0 Å². The van der Waals surface area contributed by atoms with E-state index in [9.17, 15) is 4.79 Å². The molecule has 0 aromatic rings. The lowest BCUT2D eigenvalue weighted by Gasteiger charge is -2.27. The van der Waals surface area contributed by atoms with Crippen LogP contribution in [0.2, 0.25) is 0 Å². The molecule has 1 rings (SSSR count). The van der Waals surface area contributed by atoms with Crippen LogP contribution in [-0.4, -0.2) is 24.8 Å². The van der Waals surface area contributed by atoms with Gasteiger partial charge in [-0.1, -0.05) is 13.0 Å². The zero-order valence-corrected chi connectivity index (χ0v) is 8.27. The Balaban J connectivity index is 2.52. The molecule has 1 aliphatic rings. The van der Waals surface area contributed by atoms with Gasteiger partial charge in [0.15, 0.2) is 6.29 Å². The van der Waals surface area contributed by atoms with Gasteiger partial charge in [0.25, 0.3) is 0 Å². The van der Waals surface area contributed by atoms with Gasteiger partial charge in [-0.05, 0) is 19.9 Å². The summed E-state index contributed by atoms with van der Waals surface area (Å²) in [6.07, 6.45) is 4.00. The molecule has 74 valence electrons. The van der Waals surface area contributed by atoms with Crippen LogP contribution in [0.15, 0.2) is 12.2 Å². The second-order valence-corrected chi connectivity index (χ2v) is 3.53. The fourth-order valence-electron chi connectivity index (χ4n) is 1.20. The van der Waals surface area contributed by atoms with E-state index in [1.807, 2.05) is 32.9 Å². The molecular formula is C10H16O3. The molecule has 3 atom stereocenters. The van der Waals surface area contributed by atoms with E-state index < -0.39 is 0 Å². The summed E-state index contributed by atoms with van der Waals surface area (Å²) in [5, 5.41) is 0. The summed E-state index contributed by atoms with van der Waals surface area (Å²) in [6.45, 7) is 5.82. The number of hydrogen-bond donors (Lipinski definition) is 0. The average molecular weight is 184 g/mol. The molecule has 0 radical (unpaired) electrons. The smallest absolute Gasteiger partial charge is 0.178 e. The maximum Gasteiger partial charge on any atom is 0.178 e. The number of ether oxygens (including phenoxy) is 2. The first-order valence-electron chi connectivity index (χ1n) is 4.58. The molecule has 1 heterocycles. The fourth-order valence-corrected chi connectivity index (χ4v) is 1.20. The van der Waals surface area contributed by atoms with E-state index in [1.165, 1.54) is 0 Å².